The Bertz CT molecular complexity index is 211. The first-order valence-corrected chi connectivity index (χ1v) is 6.50. The molecule has 1 N–H and O–H groups in total. The zero-order chi connectivity index (χ0) is 14.0. The summed E-state index contributed by atoms with van der Waals surface area (Å²) >= 11 is 0. The molecule has 0 radical (unpaired) electrons. The summed E-state index contributed by atoms with van der Waals surface area (Å²) in [7, 11) is 2.14. The van der Waals surface area contributed by atoms with Gasteiger partial charge in [-0.3, -0.25) is 4.79 Å². The second kappa shape index (κ2) is 9.30. The molecule has 5 nitrogen and oxygen atoms in total. The Morgan fingerprint density at radius 2 is 2.17 bits per heavy atom. The SMILES string of the molecule is CC(C)(C)OC=O.CCN(C)CC1COCCN1. The summed E-state index contributed by atoms with van der Waals surface area (Å²) in [6, 6.07) is 0.536. The van der Waals surface area contributed by atoms with Gasteiger partial charge in [0.15, 0.2) is 0 Å². The van der Waals surface area contributed by atoms with Crippen molar-refractivity contribution in [1.29, 1.82) is 0 Å². The summed E-state index contributed by atoms with van der Waals surface area (Å²) in [5.74, 6) is 0. The fourth-order valence-corrected chi connectivity index (χ4v) is 1.39. The zero-order valence-corrected chi connectivity index (χ0v) is 12.4. The first-order valence-electron chi connectivity index (χ1n) is 6.50. The highest BCUT2D eigenvalue weighted by atomic mass is 16.5. The summed E-state index contributed by atoms with van der Waals surface area (Å²) in [5, 5.41) is 3.42. The Balaban J connectivity index is 0.000000360. The van der Waals surface area contributed by atoms with Crippen LogP contribution in [0.4, 0.5) is 0 Å². The fourth-order valence-electron chi connectivity index (χ4n) is 1.39. The van der Waals surface area contributed by atoms with E-state index in [-0.39, 0.29) is 5.60 Å². The minimum absolute atomic E-state index is 0.318. The standard InChI is InChI=1S/C8H18N2O.C5H10O2/c1-3-10(2)6-8-7-11-5-4-9-8;1-5(2,3)7-4-6/h8-9H,3-7H2,1-2H3;4H,1-3H3. The van der Waals surface area contributed by atoms with E-state index in [0.717, 1.165) is 32.8 Å². The summed E-state index contributed by atoms with van der Waals surface area (Å²) in [6.07, 6.45) is 0. The second-order valence-electron chi connectivity index (χ2n) is 5.41. The molecule has 0 aliphatic carbocycles. The number of nitrogens with one attached hydrogen (secondary N) is 1. The zero-order valence-electron chi connectivity index (χ0n) is 12.4. The van der Waals surface area contributed by atoms with Crippen LogP contribution in [-0.4, -0.2) is 62.9 Å². The van der Waals surface area contributed by atoms with E-state index in [1.807, 2.05) is 20.8 Å². The molecule has 0 aromatic rings. The molecule has 1 unspecified atom stereocenters. The Morgan fingerprint density at radius 3 is 2.50 bits per heavy atom. The monoisotopic (exact) mass is 260 g/mol. The highest BCUT2D eigenvalue weighted by Crippen LogP contribution is 2.02. The molecule has 0 bridgehead atoms. The van der Waals surface area contributed by atoms with E-state index < -0.39 is 0 Å². The summed E-state index contributed by atoms with van der Waals surface area (Å²) < 4.78 is 9.89. The van der Waals surface area contributed by atoms with E-state index in [9.17, 15) is 4.79 Å². The smallest absolute Gasteiger partial charge is 0.293 e. The number of carbonyl (C=O) groups excluding carboxylic acids is 1. The molecule has 1 aliphatic rings. The van der Waals surface area contributed by atoms with Gasteiger partial charge in [0.2, 0.25) is 0 Å². The minimum atomic E-state index is -0.318. The van der Waals surface area contributed by atoms with Crippen LogP contribution in [0.25, 0.3) is 0 Å². The van der Waals surface area contributed by atoms with E-state index in [1.165, 1.54) is 0 Å². The topological polar surface area (TPSA) is 50.8 Å². The quantitative estimate of drug-likeness (QED) is 0.761. The van der Waals surface area contributed by atoms with Crippen molar-refractivity contribution in [3.05, 3.63) is 0 Å². The van der Waals surface area contributed by atoms with Crippen LogP contribution < -0.4 is 5.32 Å². The summed E-state index contributed by atoms with van der Waals surface area (Å²) in [6.45, 7) is 13.0. The molecular weight excluding hydrogens is 232 g/mol. The Hall–Kier alpha value is -0.650. The van der Waals surface area contributed by atoms with Crippen molar-refractivity contribution < 1.29 is 14.3 Å². The largest absolute Gasteiger partial charge is 0.462 e. The molecular formula is C13H28N2O3. The van der Waals surface area contributed by atoms with Crippen LogP contribution in [-0.2, 0) is 14.3 Å². The third-order valence-corrected chi connectivity index (χ3v) is 2.47. The maximum Gasteiger partial charge on any atom is 0.293 e. The van der Waals surface area contributed by atoms with Crippen LogP contribution in [0.3, 0.4) is 0 Å². The molecule has 0 aromatic heterocycles. The third kappa shape index (κ3) is 10.5. The summed E-state index contributed by atoms with van der Waals surface area (Å²) in [5.41, 5.74) is -0.318. The first kappa shape index (κ1) is 17.4. The van der Waals surface area contributed by atoms with Gasteiger partial charge in [0.25, 0.3) is 6.47 Å². The lowest BCUT2D eigenvalue weighted by atomic mass is 10.2. The predicted octanol–water partition coefficient (Wildman–Crippen LogP) is 0.884. The third-order valence-electron chi connectivity index (χ3n) is 2.47. The van der Waals surface area contributed by atoms with Gasteiger partial charge in [0.05, 0.1) is 13.2 Å². The second-order valence-corrected chi connectivity index (χ2v) is 5.41. The maximum absolute atomic E-state index is 9.60. The van der Waals surface area contributed by atoms with Crippen LogP contribution >= 0.6 is 0 Å². The lowest BCUT2D eigenvalue weighted by Crippen LogP contribution is -2.47. The molecule has 1 fully saturated rings. The Labute approximate surface area is 111 Å². The highest BCUT2D eigenvalue weighted by Gasteiger charge is 2.13. The number of carbonyl (C=O) groups is 1. The van der Waals surface area contributed by atoms with Crippen LogP contribution in [0.1, 0.15) is 27.7 Å². The highest BCUT2D eigenvalue weighted by molar-refractivity contribution is 5.37. The Kier molecular flexibility index (Phi) is 8.97. The molecule has 1 atom stereocenters. The van der Waals surface area contributed by atoms with E-state index in [1.54, 1.807) is 0 Å². The van der Waals surface area contributed by atoms with Gasteiger partial charge in [-0.2, -0.15) is 0 Å². The van der Waals surface area contributed by atoms with Gasteiger partial charge in [0.1, 0.15) is 5.60 Å². The van der Waals surface area contributed by atoms with Crippen LogP contribution in [0, 0.1) is 0 Å². The van der Waals surface area contributed by atoms with Gasteiger partial charge < -0.3 is 19.7 Å². The molecule has 0 saturated carbocycles. The molecule has 1 aliphatic heterocycles. The maximum atomic E-state index is 9.60. The minimum Gasteiger partial charge on any atom is -0.462 e. The van der Waals surface area contributed by atoms with Crippen molar-refractivity contribution in [2.75, 3.05) is 39.9 Å². The van der Waals surface area contributed by atoms with Crippen molar-refractivity contribution >= 4 is 6.47 Å². The van der Waals surface area contributed by atoms with E-state index >= 15 is 0 Å². The van der Waals surface area contributed by atoms with Crippen molar-refractivity contribution in [2.24, 2.45) is 0 Å². The van der Waals surface area contributed by atoms with Crippen molar-refractivity contribution in [2.45, 2.75) is 39.3 Å². The molecule has 0 amide bonds. The first-order chi connectivity index (χ1) is 8.39. The average molecular weight is 260 g/mol. The molecule has 18 heavy (non-hydrogen) atoms. The van der Waals surface area contributed by atoms with Crippen LogP contribution in [0.2, 0.25) is 0 Å². The van der Waals surface area contributed by atoms with Crippen molar-refractivity contribution in [3.63, 3.8) is 0 Å². The van der Waals surface area contributed by atoms with Crippen LogP contribution in [0.5, 0.6) is 0 Å². The summed E-state index contributed by atoms with van der Waals surface area (Å²) in [4.78, 5) is 11.9. The van der Waals surface area contributed by atoms with Gasteiger partial charge in [-0.15, -0.1) is 0 Å². The number of hydrogen-bond acceptors (Lipinski definition) is 5. The molecule has 5 heteroatoms. The van der Waals surface area contributed by atoms with E-state index in [2.05, 4.69) is 28.9 Å². The van der Waals surface area contributed by atoms with E-state index in [0.29, 0.717) is 12.5 Å². The molecule has 1 saturated heterocycles. The predicted molar refractivity (Wildman–Crippen MR) is 72.7 cm³/mol. The lowest BCUT2D eigenvalue weighted by molar-refractivity contribution is -0.138. The number of ether oxygens (including phenoxy) is 2. The van der Waals surface area contributed by atoms with Crippen LogP contribution in [0.15, 0.2) is 0 Å². The van der Waals surface area contributed by atoms with Crippen molar-refractivity contribution in [3.8, 4) is 0 Å². The molecule has 108 valence electrons. The molecule has 0 aromatic carbocycles. The average Bonchev–Trinajstić information content (AvgIpc) is 2.29. The molecule has 0 spiro atoms. The van der Waals surface area contributed by atoms with Gasteiger partial charge in [0, 0.05) is 19.1 Å². The van der Waals surface area contributed by atoms with Crippen molar-refractivity contribution in [1.82, 2.24) is 10.2 Å². The van der Waals surface area contributed by atoms with Gasteiger partial charge in [-0.25, -0.2) is 0 Å². The van der Waals surface area contributed by atoms with Gasteiger partial charge >= 0.3 is 0 Å². The van der Waals surface area contributed by atoms with Gasteiger partial charge in [-0.05, 0) is 34.4 Å². The number of nitrogens with zero attached hydrogens (tertiary/aromatic N) is 1. The number of hydrogen-bond donors (Lipinski definition) is 1. The lowest BCUT2D eigenvalue weighted by Gasteiger charge is -2.27. The normalized spacial score (nSPS) is 20.0. The van der Waals surface area contributed by atoms with E-state index in [4.69, 9.17) is 4.74 Å². The number of morpholine rings is 1. The molecule has 1 rings (SSSR count). The number of likely N-dealkylation sites (N-methyl/N-ethyl adjacent to an activating group) is 1. The van der Waals surface area contributed by atoms with Gasteiger partial charge in [-0.1, -0.05) is 6.92 Å². The number of rotatable bonds is 4. The fraction of sp³-hybridized carbons (Fsp3) is 0.923. The Morgan fingerprint density at radius 1 is 1.50 bits per heavy atom. The molecule has 1 heterocycles.